The summed E-state index contributed by atoms with van der Waals surface area (Å²) in [5.41, 5.74) is 1.92. The molecule has 0 aliphatic rings. The van der Waals surface area contributed by atoms with Crippen molar-refractivity contribution >= 4 is 44.1 Å². The second-order valence-corrected chi connectivity index (χ2v) is 7.34. The number of phenols is 1. The van der Waals surface area contributed by atoms with Crippen molar-refractivity contribution in [1.29, 1.82) is 0 Å². The maximum atomic E-state index is 9.87. The molecule has 2 aromatic rings. The van der Waals surface area contributed by atoms with E-state index in [9.17, 15) is 5.11 Å². The number of phenolic OH excluding ortho intramolecular Hbond substituents is 1. The Labute approximate surface area is 106 Å². The molecule has 1 heterocycles. The normalized spacial score (nSPS) is 12.3. The largest absolute Gasteiger partial charge is 0.506 e. The number of fused-ring (bicyclic) bond motifs is 1. The lowest BCUT2D eigenvalue weighted by Crippen LogP contribution is -2.10. The third kappa shape index (κ3) is 2.10. The Morgan fingerprint density at radius 2 is 2.00 bits per heavy atom. The van der Waals surface area contributed by atoms with Gasteiger partial charge in [-0.1, -0.05) is 20.8 Å². The Morgan fingerprint density at radius 1 is 1.33 bits per heavy atom. The Hall–Kier alpha value is -0.360. The van der Waals surface area contributed by atoms with E-state index in [-0.39, 0.29) is 11.2 Å². The average molecular weight is 333 g/mol. The zero-order chi connectivity index (χ0) is 11.2. The number of hydrogen-bond donors (Lipinski definition) is 1. The Balaban J connectivity index is 2.72. The fourth-order valence-electron chi connectivity index (χ4n) is 1.42. The summed E-state index contributed by atoms with van der Waals surface area (Å²) < 4.78 is 2.02. The first-order chi connectivity index (χ1) is 6.88. The van der Waals surface area contributed by atoms with Crippen LogP contribution in [0.3, 0.4) is 0 Å². The molecule has 1 aromatic heterocycles. The van der Waals surface area contributed by atoms with Crippen LogP contribution in [0.15, 0.2) is 12.1 Å². The molecule has 0 aliphatic heterocycles. The number of benzene rings is 1. The van der Waals surface area contributed by atoms with Crippen LogP contribution in [0.2, 0.25) is 0 Å². The summed E-state index contributed by atoms with van der Waals surface area (Å²) in [5.74, 6) is 0.289. The molecule has 1 aromatic carbocycles. The second kappa shape index (κ2) is 3.59. The maximum Gasteiger partial charge on any atom is 0.155 e. The number of rotatable bonds is 0. The van der Waals surface area contributed by atoms with Gasteiger partial charge in [0.1, 0.15) is 11.3 Å². The van der Waals surface area contributed by atoms with Gasteiger partial charge < -0.3 is 5.11 Å². The van der Waals surface area contributed by atoms with Gasteiger partial charge in [-0.05, 0) is 45.7 Å². The van der Waals surface area contributed by atoms with Gasteiger partial charge in [0.25, 0.3) is 0 Å². The highest BCUT2D eigenvalue weighted by Gasteiger charge is 2.17. The molecule has 0 atom stereocenters. The number of aromatic hydroxyl groups is 1. The zero-order valence-corrected chi connectivity index (χ0v) is 11.8. The van der Waals surface area contributed by atoms with E-state index in [1.165, 1.54) is 0 Å². The molecule has 0 fully saturated rings. The topological polar surface area (TPSA) is 33.1 Å². The lowest BCUT2D eigenvalue weighted by atomic mass is 9.87. The van der Waals surface area contributed by atoms with Crippen LogP contribution in [0.4, 0.5) is 0 Å². The predicted octanol–water partition coefficient (Wildman–Crippen LogP) is 3.90. The maximum absolute atomic E-state index is 9.87. The highest BCUT2D eigenvalue weighted by Crippen LogP contribution is 2.35. The highest BCUT2D eigenvalue weighted by atomic mass is 127. The minimum absolute atomic E-state index is 0.0566. The number of nitrogens with zero attached hydrogens (tertiary/aromatic N) is 1. The second-order valence-electron chi connectivity index (χ2n) is 4.56. The smallest absolute Gasteiger partial charge is 0.155 e. The lowest BCUT2D eigenvalue weighted by molar-refractivity contribution is 0.476. The molecule has 4 heteroatoms. The van der Waals surface area contributed by atoms with Crippen molar-refractivity contribution in [2.24, 2.45) is 0 Å². The number of hydrogen-bond acceptors (Lipinski definition) is 3. The van der Waals surface area contributed by atoms with Crippen LogP contribution in [-0.4, -0.2) is 10.1 Å². The van der Waals surface area contributed by atoms with E-state index in [2.05, 4.69) is 54.4 Å². The highest BCUT2D eigenvalue weighted by molar-refractivity contribution is 14.1. The minimum Gasteiger partial charge on any atom is -0.506 e. The molecule has 0 saturated carbocycles. The molecule has 1 N–H and O–H groups in total. The van der Waals surface area contributed by atoms with Crippen LogP contribution >= 0.6 is 33.9 Å². The van der Waals surface area contributed by atoms with Crippen LogP contribution < -0.4 is 0 Å². The van der Waals surface area contributed by atoms with Crippen LogP contribution in [0, 0.1) is 3.01 Å². The molecule has 0 unspecified atom stereocenters. The third-order valence-electron chi connectivity index (χ3n) is 2.31. The summed E-state index contributed by atoms with van der Waals surface area (Å²) in [5, 5.41) is 9.87. The summed E-state index contributed by atoms with van der Waals surface area (Å²) in [6.07, 6.45) is 0. The fourth-order valence-corrected chi connectivity index (χ4v) is 3.12. The van der Waals surface area contributed by atoms with E-state index in [1.807, 2.05) is 6.07 Å². The van der Waals surface area contributed by atoms with E-state index in [4.69, 9.17) is 0 Å². The van der Waals surface area contributed by atoms with Crippen LogP contribution in [0.1, 0.15) is 26.3 Å². The van der Waals surface area contributed by atoms with Crippen molar-refractivity contribution in [3.8, 4) is 5.75 Å². The van der Waals surface area contributed by atoms with Crippen LogP contribution in [-0.2, 0) is 5.41 Å². The standard InChI is InChI=1S/C11H12INOS/c1-11(2,3)6-4-7(14)9-8(5-6)15-10(12)13-9/h4-5,14H,1-3H3. The summed E-state index contributed by atoms with van der Waals surface area (Å²) in [4.78, 5) is 4.29. The molecule has 0 radical (unpaired) electrons. The van der Waals surface area contributed by atoms with Crippen molar-refractivity contribution < 1.29 is 5.11 Å². The van der Waals surface area contributed by atoms with Gasteiger partial charge >= 0.3 is 0 Å². The van der Waals surface area contributed by atoms with Gasteiger partial charge in [0.15, 0.2) is 3.01 Å². The third-order valence-corrected chi connectivity index (χ3v) is 4.01. The Morgan fingerprint density at radius 3 is 2.60 bits per heavy atom. The van der Waals surface area contributed by atoms with Gasteiger partial charge in [0.2, 0.25) is 0 Å². The summed E-state index contributed by atoms with van der Waals surface area (Å²) >= 11 is 3.79. The van der Waals surface area contributed by atoms with Crippen molar-refractivity contribution in [2.45, 2.75) is 26.2 Å². The lowest BCUT2D eigenvalue weighted by Gasteiger charge is -2.19. The molecule has 0 amide bonds. The van der Waals surface area contributed by atoms with E-state index in [0.717, 1.165) is 18.8 Å². The molecule has 0 spiro atoms. The van der Waals surface area contributed by atoms with E-state index in [1.54, 1.807) is 11.3 Å². The quantitative estimate of drug-likeness (QED) is 0.742. The molecule has 0 bridgehead atoms. The minimum atomic E-state index is 0.0566. The first-order valence-electron chi connectivity index (χ1n) is 4.67. The van der Waals surface area contributed by atoms with Crippen LogP contribution in [0.25, 0.3) is 10.2 Å². The van der Waals surface area contributed by atoms with E-state index < -0.39 is 0 Å². The summed E-state index contributed by atoms with van der Waals surface area (Å²) in [6, 6.07) is 3.94. The van der Waals surface area contributed by atoms with Gasteiger partial charge in [-0.25, -0.2) is 4.98 Å². The molecule has 80 valence electrons. The zero-order valence-electron chi connectivity index (χ0n) is 8.84. The van der Waals surface area contributed by atoms with Gasteiger partial charge in [0.05, 0.1) is 4.70 Å². The van der Waals surface area contributed by atoms with Gasteiger partial charge in [-0.15, -0.1) is 11.3 Å². The number of aromatic nitrogens is 1. The van der Waals surface area contributed by atoms with Crippen molar-refractivity contribution in [2.75, 3.05) is 0 Å². The van der Waals surface area contributed by atoms with E-state index >= 15 is 0 Å². The molecule has 0 saturated heterocycles. The van der Waals surface area contributed by atoms with Crippen molar-refractivity contribution in [1.82, 2.24) is 4.98 Å². The predicted molar refractivity (Wildman–Crippen MR) is 72.7 cm³/mol. The Bertz CT molecular complexity index is 513. The number of thiazole rings is 1. The molecule has 15 heavy (non-hydrogen) atoms. The van der Waals surface area contributed by atoms with E-state index in [0.29, 0.717) is 0 Å². The first-order valence-corrected chi connectivity index (χ1v) is 6.57. The Kier molecular flexibility index (Phi) is 2.66. The fraction of sp³-hybridized carbons (Fsp3) is 0.364. The van der Waals surface area contributed by atoms with Crippen molar-refractivity contribution in [3.63, 3.8) is 0 Å². The number of halogens is 1. The first kappa shape index (κ1) is 11.1. The van der Waals surface area contributed by atoms with Gasteiger partial charge in [-0.3, -0.25) is 0 Å². The molecular weight excluding hydrogens is 321 g/mol. The molecule has 2 rings (SSSR count). The molecule has 2 nitrogen and oxygen atoms in total. The SMILES string of the molecule is CC(C)(C)c1cc(O)c2nc(I)sc2c1. The summed E-state index contributed by atoms with van der Waals surface area (Å²) in [7, 11) is 0. The average Bonchev–Trinajstić information content (AvgIpc) is 2.44. The van der Waals surface area contributed by atoms with Gasteiger partial charge in [0, 0.05) is 0 Å². The van der Waals surface area contributed by atoms with Crippen molar-refractivity contribution in [3.05, 3.63) is 20.7 Å². The molecule has 0 aliphatic carbocycles. The molecular formula is C11H12INOS. The monoisotopic (exact) mass is 333 g/mol. The van der Waals surface area contributed by atoms with Gasteiger partial charge in [-0.2, -0.15) is 0 Å². The summed E-state index contributed by atoms with van der Waals surface area (Å²) in [6.45, 7) is 6.42. The van der Waals surface area contributed by atoms with Crippen LogP contribution in [0.5, 0.6) is 5.75 Å².